The Hall–Kier alpha value is -7.62. The predicted molar refractivity (Wildman–Crippen MR) is 304 cm³/mol. The number of halogens is 2. The van der Waals surface area contributed by atoms with Gasteiger partial charge in [-0.05, 0) is 59.2 Å². The number of nitro benzene ring substituents is 2. The van der Waals surface area contributed by atoms with Gasteiger partial charge in [0.2, 0.25) is 0 Å². The van der Waals surface area contributed by atoms with Crippen molar-refractivity contribution in [2.75, 3.05) is 36.1 Å². The molecule has 3 fully saturated rings. The number of hydrogen-bond acceptors (Lipinski definition) is 20. The summed E-state index contributed by atoms with van der Waals surface area (Å²) >= 11 is 0.928. The first-order valence-corrected chi connectivity index (χ1v) is 32.1. The van der Waals surface area contributed by atoms with Crippen molar-refractivity contribution in [1.29, 1.82) is 0 Å². The Kier molecular flexibility index (Phi) is 16.1. The maximum absolute atomic E-state index is 17.9. The summed E-state index contributed by atoms with van der Waals surface area (Å²) in [5.74, 6) is -1.79. The number of anilines is 2. The van der Waals surface area contributed by atoms with E-state index in [4.69, 9.17) is 27.6 Å². The number of imidazole rings is 2. The topological polar surface area (TPSA) is 278 Å². The molecule has 14 bridgehead atoms. The highest BCUT2D eigenvalue weighted by Crippen LogP contribution is 2.67. The largest absolute Gasteiger partial charge is 0.390 e. The van der Waals surface area contributed by atoms with Crippen molar-refractivity contribution >= 4 is 93.3 Å². The van der Waals surface area contributed by atoms with Crippen LogP contribution in [0.15, 0.2) is 159 Å². The summed E-state index contributed by atoms with van der Waals surface area (Å²) in [6.07, 6.45) is -8.36. The van der Waals surface area contributed by atoms with E-state index in [0.717, 1.165) is 6.33 Å². The molecule has 2 unspecified atom stereocenters. The fraction of sp³-hybridized carbons (Fsp3) is 0.259. The quantitative estimate of drug-likeness (QED) is 0.0532. The standard InChI is InChI=1S/C54H46F2N10O14P2S2/c55-43-47-41-26-75-82(74,84-29-36-19-8-10-21-38(36)66(71)72)80-48-42(27-76-81(73,79-47)83-28-35-18-7-9-20-37(35)65(69)70)78-54(44(48)56)64-32-60-46-49(57-30-58-50(46)64)62(52(68)34-16-5-2-6-17-34)25-12-11-24-61(51(67)33-14-3-1-4-15-33)39-22-13-23-40-45(39)59-31-63(40)53(43)77-41/h1-23,30-32,41-44,47-48,53-54H,24-29H2/b12-11+/t41-,42-,43-,44-,47-,48-,53?,54?,81-,82+/m1/s1. The lowest BCUT2D eigenvalue weighted by Crippen LogP contribution is -2.37. The van der Waals surface area contributed by atoms with Gasteiger partial charge < -0.3 is 18.9 Å². The van der Waals surface area contributed by atoms with E-state index in [-0.39, 0.29) is 74.9 Å². The van der Waals surface area contributed by atoms with E-state index in [1.165, 1.54) is 80.1 Å². The highest BCUT2D eigenvalue weighted by molar-refractivity contribution is 8.55. The Morgan fingerprint density at radius 3 is 1.64 bits per heavy atom. The minimum Gasteiger partial charge on any atom is -0.346 e. The molecule has 5 aliphatic heterocycles. The van der Waals surface area contributed by atoms with Gasteiger partial charge >= 0.3 is 13.6 Å². The van der Waals surface area contributed by atoms with Crippen molar-refractivity contribution in [1.82, 2.24) is 29.1 Å². The molecule has 0 N–H and O–H groups in total. The Balaban J connectivity index is 1.02. The highest BCUT2D eigenvalue weighted by Gasteiger charge is 2.56. The average molecular weight is 1220 g/mol. The Morgan fingerprint density at radius 1 is 0.595 bits per heavy atom. The van der Waals surface area contributed by atoms with Crippen molar-refractivity contribution < 1.29 is 64.9 Å². The zero-order valence-electron chi connectivity index (χ0n) is 43.5. The molecule has 8 aromatic rings. The summed E-state index contributed by atoms with van der Waals surface area (Å²) in [6.45, 7) is -11.8. The number of rotatable bonds is 10. The summed E-state index contributed by atoms with van der Waals surface area (Å²) in [4.78, 5) is 73.3. The molecule has 13 rings (SSSR count). The molecule has 3 aromatic heterocycles. The first kappa shape index (κ1) is 56.8. The van der Waals surface area contributed by atoms with E-state index < -0.39 is 109 Å². The molecular formula is C54H46F2N10O14P2S2. The maximum atomic E-state index is 17.9. The van der Waals surface area contributed by atoms with E-state index in [1.54, 1.807) is 91.0 Å². The fourth-order valence-electron chi connectivity index (χ4n) is 10.2. The number of nitro groups is 2. The van der Waals surface area contributed by atoms with Gasteiger partial charge in [0.1, 0.15) is 36.3 Å². The third-order valence-electron chi connectivity index (χ3n) is 14.3. The molecule has 432 valence electrons. The first-order valence-electron chi connectivity index (χ1n) is 25.9. The Labute approximate surface area is 482 Å². The number of alkyl halides is 2. The molecule has 0 saturated carbocycles. The van der Waals surface area contributed by atoms with Crippen LogP contribution in [0.4, 0.5) is 31.7 Å². The van der Waals surface area contributed by atoms with Gasteiger partial charge in [-0.1, -0.05) is 91.0 Å². The molecule has 5 aromatic carbocycles. The molecule has 0 radical (unpaired) electrons. The summed E-state index contributed by atoms with van der Waals surface area (Å²) < 4.78 is 107. The van der Waals surface area contributed by atoms with Crippen LogP contribution in [0.5, 0.6) is 0 Å². The third-order valence-corrected chi connectivity index (χ3v) is 21.5. The molecule has 5 aliphatic rings. The minimum absolute atomic E-state index is 0.00409. The molecule has 3 saturated heterocycles. The van der Waals surface area contributed by atoms with Crippen molar-refractivity contribution in [2.24, 2.45) is 0 Å². The number of carbonyl (C=O) groups excluding carboxylic acids is 2. The molecule has 2 amide bonds. The lowest BCUT2D eigenvalue weighted by Gasteiger charge is -2.30. The van der Waals surface area contributed by atoms with Gasteiger partial charge in [-0.25, -0.2) is 37.8 Å². The lowest BCUT2D eigenvalue weighted by molar-refractivity contribution is -0.385. The zero-order valence-corrected chi connectivity index (χ0v) is 46.9. The van der Waals surface area contributed by atoms with Crippen LogP contribution in [-0.4, -0.2) is 114 Å². The second-order valence-corrected chi connectivity index (χ2v) is 27.4. The van der Waals surface area contributed by atoms with Gasteiger partial charge in [0, 0.05) is 59.0 Å². The van der Waals surface area contributed by atoms with Crippen LogP contribution in [0.2, 0.25) is 0 Å². The number of nitrogens with zero attached hydrogens (tertiary/aromatic N) is 10. The number of fused-ring (bicyclic) bond motifs is 10. The van der Waals surface area contributed by atoms with E-state index in [9.17, 15) is 29.8 Å². The lowest BCUT2D eigenvalue weighted by atomic mass is 10.1. The number of amides is 2. The molecule has 30 heteroatoms. The molecule has 0 aliphatic carbocycles. The number of para-hydroxylation sites is 3. The van der Waals surface area contributed by atoms with E-state index >= 15 is 17.9 Å². The fourth-order valence-corrected chi connectivity index (χ4v) is 17.0. The summed E-state index contributed by atoms with van der Waals surface area (Å²) in [5.41, 5.74) is 0.726. The van der Waals surface area contributed by atoms with Gasteiger partial charge in [0.05, 0.1) is 46.9 Å². The molecule has 8 heterocycles. The average Bonchev–Trinajstić information content (AvgIpc) is 4.50. The third kappa shape index (κ3) is 11.2. The van der Waals surface area contributed by atoms with Gasteiger partial charge in [0.25, 0.3) is 23.2 Å². The summed E-state index contributed by atoms with van der Waals surface area (Å²) in [5, 5.41) is 24.3. The second-order valence-electron chi connectivity index (χ2n) is 19.3. The normalized spacial score (nSPS) is 26.7. The van der Waals surface area contributed by atoms with Crippen LogP contribution in [0.25, 0.3) is 22.2 Å². The van der Waals surface area contributed by atoms with Crippen molar-refractivity contribution in [2.45, 2.75) is 60.7 Å². The van der Waals surface area contributed by atoms with Gasteiger partial charge in [0.15, 0.2) is 41.8 Å². The summed E-state index contributed by atoms with van der Waals surface area (Å²) in [7, 11) is 0. The number of ether oxygens (including phenoxy) is 2. The minimum atomic E-state index is -4.88. The van der Waals surface area contributed by atoms with Crippen LogP contribution < -0.4 is 9.80 Å². The van der Waals surface area contributed by atoms with Crippen LogP contribution in [0.3, 0.4) is 0 Å². The van der Waals surface area contributed by atoms with Crippen LogP contribution in [0.1, 0.15) is 44.3 Å². The molecule has 24 nitrogen and oxygen atoms in total. The SMILES string of the molecule is O=C(c1ccccc1)N1C/C=C/CN(C(=O)c2ccccc2)c2ncnc3c2ncn3C2O[C@@H]3CO[P@@](=O)(SCc4ccccc4[N+](=O)[O-])O[C@@H]4[C@@H](CO[P@](=O)(SCc5ccccc5[N+](=O)[O-])O[C@H]3[C@H]2F)OC([C@@H]4F)n2cnc3c1cccc32. The molecule has 0 spiro atoms. The number of aromatic nitrogens is 6. The van der Waals surface area contributed by atoms with Crippen molar-refractivity contribution in [3.8, 4) is 0 Å². The molecule has 10 atom stereocenters. The highest BCUT2D eigenvalue weighted by atomic mass is 32.7. The van der Waals surface area contributed by atoms with Gasteiger partial charge in [-0.15, -0.1) is 0 Å². The Morgan fingerprint density at radius 2 is 1.08 bits per heavy atom. The van der Waals surface area contributed by atoms with Crippen LogP contribution >= 0.6 is 36.4 Å². The van der Waals surface area contributed by atoms with Gasteiger partial charge in [-0.3, -0.25) is 57.4 Å². The zero-order chi connectivity index (χ0) is 58.3. The smallest absolute Gasteiger partial charge is 0.346 e. The monoisotopic (exact) mass is 1220 g/mol. The van der Waals surface area contributed by atoms with Gasteiger partial charge in [-0.2, -0.15) is 0 Å². The molecule has 84 heavy (non-hydrogen) atoms. The first-order chi connectivity index (χ1) is 40.7. The van der Waals surface area contributed by atoms with E-state index in [1.807, 2.05) is 0 Å². The van der Waals surface area contributed by atoms with Crippen LogP contribution in [0, 0.1) is 20.2 Å². The van der Waals surface area contributed by atoms with E-state index in [2.05, 4.69) is 19.9 Å². The number of hydrogen-bond donors (Lipinski definition) is 0. The summed E-state index contributed by atoms with van der Waals surface area (Å²) in [6, 6.07) is 32.8. The number of benzene rings is 5. The predicted octanol–water partition coefficient (Wildman–Crippen LogP) is 10.9. The molecular weight excluding hydrogens is 1180 g/mol. The maximum Gasteiger partial charge on any atom is 0.390 e. The number of carbonyl (C=O) groups is 2. The van der Waals surface area contributed by atoms with Crippen molar-refractivity contribution in [3.63, 3.8) is 0 Å². The van der Waals surface area contributed by atoms with E-state index in [0.29, 0.717) is 28.3 Å². The Bertz CT molecular complexity index is 3720. The van der Waals surface area contributed by atoms with Crippen molar-refractivity contribution in [3.05, 3.63) is 201 Å². The second kappa shape index (κ2) is 23.8. The van der Waals surface area contributed by atoms with Crippen LogP contribution in [-0.2, 0) is 48.2 Å².